The number of imide groups is 1. The Hall–Kier alpha value is -6.96. The van der Waals surface area contributed by atoms with Gasteiger partial charge in [-0.25, -0.2) is 4.79 Å². The van der Waals surface area contributed by atoms with Crippen molar-refractivity contribution in [3.05, 3.63) is 65.2 Å². The molecule has 2 aromatic rings. The third kappa shape index (κ3) is 25.8. The van der Waals surface area contributed by atoms with E-state index >= 15 is 0 Å². The molecule has 3 fully saturated rings. The summed E-state index contributed by atoms with van der Waals surface area (Å²) in [7, 11) is 6.07. The normalized spacial score (nSPS) is 19.6. The van der Waals surface area contributed by atoms with Crippen LogP contribution >= 0.6 is 34.4 Å². The number of aliphatic hydroxyl groups is 1. The van der Waals surface area contributed by atoms with Gasteiger partial charge in [0, 0.05) is 72.9 Å². The number of carboxylic acid groups (broad SMARTS) is 1. The number of aliphatic carboxylic acids is 1. The molecular formula is C79H123IN10O17S. The lowest BCUT2D eigenvalue weighted by Gasteiger charge is -2.41. The van der Waals surface area contributed by atoms with Crippen LogP contribution in [0.4, 0.5) is 10.5 Å². The Kier molecular flexibility index (Phi) is 37.5. The average molecular weight is 1640 g/mol. The number of carbonyl (C=O) groups is 12. The molecule has 604 valence electrons. The topological polar surface area (TPSA) is 349 Å². The molecule has 3 saturated heterocycles. The maximum Gasteiger partial charge on any atom is 0.410 e. The third-order valence-electron chi connectivity index (χ3n) is 21.3. The average Bonchev–Trinajstić information content (AvgIpc) is 0.939. The van der Waals surface area contributed by atoms with E-state index in [1.807, 2.05) is 52.0 Å². The van der Waals surface area contributed by atoms with Crippen LogP contribution in [-0.2, 0) is 73.6 Å². The standard InChI is InChI=1S/C79H123IN10O17S/c1-18-21-29-62(80)108-61-43-65(93)90(77(61)102)39-36-63(91)89-38-24-28-59(89)75(100)84-57(40-45(4)5)74(99)83-56(34-35-66(94)95)73(98)82-55-32-30-52(31-33-55)44-107-79(104)87(15)68(47(8)9)76(101)85-67(46(6)7)78(103)86(14)69(49(11)20-3)60(105-16)42-64(92)88-37-23-27-58(88)71(106-17)50(12)72(97)81-51(13)70(96)54-26-22-25-53(41-54)48(10)19-2/h22,25-26,30-33,41,45-51,56-62,67-71,96H,18-21,23-24,27-29,34-40,42-44H2,1-17H3,(H,81,97)(H,82,98)(H,83,99)(H,84,100)(H,85,101)(H,94,95)/t48?,49-,50+,51+,56-,57-,58-,59-,60+,61?,62?,67-,68-,69-,70+,71+/m0/s1. The van der Waals surface area contributed by atoms with Gasteiger partial charge in [0.15, 0.2) is 0 Å². The van der Waals surface area contributed by atoms with Gasteiger partial charge in [-0.15, -0.1) is 11.8 Å². The number of alkyl halides is 1. The van der Waals surface area contributed by atoms with E-state index in [0.717, 1.165) is 41.0 Å². The Bertz CT molecular complexity index is 3370. The van der Waals surface area contributed by atoms with Crippen molar-refractivity contribution in [3.8, 4) is 0 Å². The number of anilines is 1. The third-order valence-corrected chi connectivity index (χ3v) is 24.0. The summed E-state index contributed by atoms with van der Waals surface area (Å²) in [5.41, 5.74) is 2.54. The maximum atomic E-state index is 14.9. The number of likely N-dealkylation sites (N-methyl/N-ethyl adjacent to an activating group) is 2. The zero-order chi connectivity index (χ0) is 80.5. The molecule has 0 spiro atoms. The number of rotatable bonds is 43. The lowest BCUT2D eigenvalue weighted by atomic mass is 9.89. The van der Waals surface area contributed by atoms with Gasteiger partial charge in [0.1, 0.15) is 36.8 Å². The Morgan fingerprint density at radius 3 is 1.97 bits per heavy atom. The first kappa shape index (κ1) is 91.6. The first-order valence-corrected chi connectivity index (χ1v) is 40.8. The van der Waals surface area contributed by atoms with Crippen LogP contribution in [0, 0.1) is 29.6 Å². The number of carbonyl (C=O) groups excluding carboxylic acids is 11. The van der Waals surface area contributed by atoms with Crippen LogP contribution in [0.15, 0.2) is 48.5 Å². The first-order chi connectivity index (χ1) is 51.0. The highest BCUT2D eigenvalue weighted by Crippen LogP contribution is 2.36. The van der Waals surface area contributed by atoms with Crippen molar-refractivity contribution in [1.82, 2.24) is 45.8 Å². The summed E-state index contributed by atoms with van der Waals surface area (Å²) in [6.07, 6.45) is 2.31. The van der Waals surface area contributed by atoms with E-state index in [1.165, 1.54) is 50.1 Å². The molecule has 16 atom stereocenters. The molecule has 11 amide bonds. The van der Waals surface area contributed by atoms with Crippen molar-refractivity contribution >= 4 is 111 Å². The van der Waals surface area contributed by atoms with Gasteiger partial charge in [0.25, 0.3) is 0 Å². The Morgan fingerprint density at radius 1 is 0.713 bits per heavy atom. The lowest BCUT2D eigenvalue weighted by molar-refractivity contribution is -0.148. The van der Waals surface area contributed by atoms with Crippen molar-refractivity contribution in [3.63, 3.8) is 0 Å². The van der Waals surface area contributed by atoms with Crippen molar-refractivity contribution in [1.29, 1.82) is 0 Å². The predicted octanol–water partition coefficient (Wildman–Crippen LogP) is 9.10. The molecule has 0 radical (unpaired) electrons. The number of unbranched alkanes of at least 4 members (excludes halogenated alkanes) is 1. The summed E-state index contributed by atoms with van der Waals surface area (Å²) in [6.45, 7) is 24.8. The summed E-state index contributed by atoms with van der Waals surface area (Å²) in [5, 5.41) is 34.6. The fraction of sp³-hybridized carbons (Fsp3) is 0.696. The van der Waals surface area contributed by atoms with Crippen molar-refractivity contribution in [2.45, 2.75) is 274 Å². The molecule has 3 unspecified atom stereocenters. The molecule has 0 aromatic heterocycles. The molecule has 0 bridgehead atoms. The highest BCUT2D eigenvalue weighted by molar-refractivity contribution is 14.1. The molecule has 108 heavy (non-hydrogen) atoms. The second kappa shape index (κ2) is 44.2. The molecule has 7 N–H and O–H groups in total. The second-order valence-electron chi connectivity index (χ2n) is 30.5. The van der Waals surface area contributed by atoms with Crippen molar-refractivity contribution in [2.75, 3.05) is 53.3 Å². The van der Waals surface area contributed by atoms with Crippen LogP contribution < -0.4 is 26.6 Å². The number of benzene rings is 2. The molecular weight excluding hydrogens is 1520 g/mol. The van der Waals surface area contributed by atoms with Gasteiger partial charge in [-0.1, -0.05) is 161 Å². The van der Waals surface area contributed by atoms with E-state index in [0.29, 0.717) is 55.7 Å². The maximum absolute atomic E-state index is 14.9. The van der Waals surface area contributed by atoms with E-state index in [2.05, 4.69) is 69.9 Å². The summed E-state index contributed by atoms with van der Waals surface area (Å²) < 4.78 is 18.0. The monoisotopic (exact) mass is 1640 g/mol. The molecule has 3 aliphatic rings. The van der Waals surface area contributed by atoms with Gasteiger partial charge in [-0.05, 0) is 117 Å². The SMILES string of the molecule is CCCCC(I)SC1CC(=O)N(CCC(=O)N2CCC[C@H]2C(=O)N[C@@H](CC(C)C)C(=O)N[C@@H](CCC(=O)O)C(=O)Nc2ccc(COC(=O)N(C)[C@H](C(=O)N[C@H](C(=O)N(C)[C@@H]([C@@H](C)CC)[C@@H](CC(=O)N3CCC[C@H]3[C@H](OC)[C@@H](C)C(=O)N[C@H](C)[C@@H](O)c3cccc(C(C)CC)c3)OC)C(C)C)C(C)C)cc2)C1=O. The first-order valence-electron chi connectivity index (χ1n) is 38.6. The van der Waals surface area contributed by atoms with E-state index in [4.69, 9.17) is 14.2 Å². The highest BCUT2D eigenvalue weighted by Gasteiger charge is 2.46. The fourth-order valence-corrected chi connectivity index (χ4v) is 17.2. The van der Waals surface area contributed by atoms with E-state index in [1.54, 1.807) is 70.5 Å². The molecule has 2 aromatic carbocycles. The smallest absolute Gasteiger partial charge is 0.410 e. The number of likely N-dealkylation sites (tertiary alicyclic amines) is 3. The number of thioether (sulfide) groups is 1. The number of aliphatic hydroxyl groups excluding tert-OH is 1. The number of hydrogen-bond acceptors (Lipinski definition) is 17. The Balaban J connectivity index is 1.18. The lowest BCUT2D eigenvalue weighted by Crippen LogP contribution is -2.60. The van der Waals surface area contributed by atoms with Crippen LogP contribution in [0.5, 0.6) is 0 Å². The van der Waals surface area contributed by atoms with Gasteiger partial charge >= 0.3 is 12.1 Å². The predicted molar refractivity (Wildman–Crippen MR) is 422 cm³/mol. The number of halogens is 1. The molecule has 0 aliphatic carbocycles. The van der Waals surface area contributed by atoms with Crippen LogP contribution in [0.3, 0.4) is 0 Å². The van der Waals surface area contributed by atoms with Gasteiger partial charge in [0.05, 0.1) is 57.3 Å². The summed E-state index contributed by atoms with van der Waals surface area (Å²) in [4.78, 5) is 173. The van der Waals surface area contributed by atoms with Crippen LogP contribution in [0.2, 0.25) is 0 Å². The molecule has 29 heteroatoms. The Labute approximate surface area is 657 Å². The second-order valence-corrected chi connectivity index (χ2v) is 34.3. The van der Waals surface area contributed by atoms with E-state index in [9.17, 15) is 67.7 Å². The number of methoxy groups -OCH3 is 2. The largest absolute Gasteiger partial charge is 0.481 e. The zero-order valence-corrected chi connectivity index (χ0v) is 69.5. The molecule has 3 aliphatic heterocycles. The minimum absolute atomic E-state index is 0.0630. The van der Waals surface area contributed by atoms with Crippen molar-refractivity contribution < 1.29 is 82.0 Å². The number of carboxylic acids is 1. The van der Waals surface area contributed by atoms with Gasteiger partial charge in [-0.2, -0.15) is 0 Å². The molecule has 27 nitrogen and oxygen atoms in total. The van der Waals surface area contributed by atoms with Gasteiger partial charge in [-0.3, -0.25) is 62.5 Å². The van der Waals surface area contributed by atoms with Crippen LogP contribution in [0.25, 0.3) is 0 Å². The molecule has 0 saturated carbocycles. The Morgan fingerprint density at radius 2 is 1.37 bits per heavy atom. The van der Waals surface area contributed by atoms with Gasteiger partial charge in [0.2, 0.25) is 59.1 Å². The quantitative estimate of drug-likeness (QED) is 0.0185. The minimum atomic E-state index is -1.38. The summed E-state index contributed by atoms with van der Waals surface area (Å²) in [6, 6.07) is 6.50. The number of nitrogens with one attached hydrogen (secondary N) is 5. The zero-order valence-electron chi connectivity index (χ0n) is 66.6. The molecule has 3 heterocycles. The number of hydrogen-bond donors (Lipinski definition) is 7. The van der Waals surface area contributed by atoms with E-state index < -0.39 is 144 Å². The number of amides is 11. The molecule has 5 rings (SSSR count). The van der Waals surface area contributed by atoms with Gasteiger partial charge < -0.3 is 65.7 Å². The van der Waals surface area contributed by atoms with E-state index in [-0.39, 0.29) is 96.2 Å². The van der Waals surface area contributed by atoms with Crippen molar-refractivity contribution in [2.24, 2.45) is 29.6 Å². The summed E-state index contributed by atoms with van der Waals surface area (Å²) >= 11 is 3.75. The number of ether oxygens (including phenoxy) is 3. The number of nitrogens with zero attached hydrogens (tertiary/aromatic N) is 5. The highest BCUT2D eigenvalue weighted by atomic mass is 127. The minimum Gasteiger partial charge on any atom is -0.481 e. The summed E-state index contributed by atoms with van der Waals surface area (Å²) in [5.74, 6) is -7.69. The fourth-order valence-electron chi connectivity index (χ4n) is 14.6. The van der Waals surface area contributed by atoms with Crippen LogP contribution in [-0.4, -0.2) is 223 Å². The van der Waals surface area contributed by atoms with Crippen LogP contribution in [0.1, 0.15) is 215 Å².